The second-order valence-electron chi connectivity index (χ2n) is 8.61. The Kier molecular flexibility index (Phi) is 4.16. The molecule has 1 aromatic carbocycles. The zero-order valence-electron chi connectivity index (χ0n) is 14.9. The van der Waals surface area contributed by atoms with Crippen molar-refractivity contribution in [2.75, 3.05) is 6.54 Å². The van der Waals surface area contributed by atoms with E-state index in [-0.39, 0.29) is 17.6 Å². The van der Waals surface area contributed by atoms with Crippen molar-refractivity contribution in [2.24, 2.45) is 17.8 Å². The summed E-state index contributed by atoms with van der Waals surface area (Å²) in [4.78, 5) is 12.3. The van der Waals surface area contributed by atoms with Crippen molar-refractivity contribution >= 4 is 5.91 Å². The molecule has 0 heterocycles. The van der Waals surface area contributed by atoms with Crippen molar-refractivity contribution in [3.8, 4) is 0 Å². The molecule has 3 heteroatoms. The Balaban J connectivity index is 1.32. The molecule has 0 radical (unpaired) electrons. The van der Waals surface area contributed by atoms with Gasteiger partial charge in [-0.3, -0.25) is 4.79 Å². The van der Waals surface area contributed by atoms with Gasteiger partial charge in [0.25, 0.3) is 5.91 Å². The Bertz CT molecular complexity index is 589. The fourth-order valence-corrected chi connectivity index (χ4v) is 5.77. The molecule has 1 N–H and O–H groups in total. The van der Waals surface area contributed by atoms with Gasteiger partial charge in [-0.15, -0.1) is 0 Å². The van der Waals surface area contributed by atoms with E-state index in [1.165, 1.54) is 38.5 Å². The maximum Gasteiger partial charge on any atom is 0.251 e. The zero-order valence-corrected chi connectivity index (χ0v) is 14.9. The van der Waals surface area contributed by atoms with Gasteiger partial charge in [0.2, 0.25) is 0 Å². The monoisotopic (exact) mass is 327 g/mol. The summed E-state index contributed by atoms with van der Waals surface area (Å²) >= 11 is 0. The van der Waals surface area contributed by atoms with Gasteiger partial charge >= 0.3 is 0 Å². The molecule has 0 aliphatic heterocycles. The van der Waals surface area contributed by atoms with E-state index in [9.17, 15) is 4.79 Å². The largest absolute Gasteiger partial charge is 0.370 e. The van der Waals surface area contributed by atoms with Crippen molar-refractivity contribution in [1.82, 2.24) is 5.32 Å². The molecule has 3 nitrogen and oxygen atoms in total. The van der Waals surface area contributed by atoms with Gasteiger partial charge in [0, 0.05) is 12.1 Å². The van der Waals surface area contributed by atoms with Crippen molar-refractivity contribution in [2.45, 2.75) is 64.1 Å². The number of amides is 1. The van der Waals surface area contributed by atoms with E-state index >= 15 is 0 Å². The second-order valence-corrected chi connectivity index (χ2v) is 8.61. The standard InChI is InChI=1S/C21H29NO2/c1-14-4-3-5-19(6-14)20(23)22-13-15(2)24-21-10-16-7-17(11-21)9-18(8-16)12-21/h3-6,15-18H,7-13H2,1-2H3,(H,22,23)/t15-,16?,17?,18?,21?/m1/s1. The maximum atomic E-state index is 12.3. The number of hydrogen-bond acceptors (Lipinski definition) is 2. The molecule has 1 amide bonds. The van der Waals surface area contributed by atoms with Crippen LogP contribution >= 0.6 is 0 Å². The minimum Gasteiger partial charge on any atom is -0.370 e. The highest BCUT2D eigenvalue weighted by Crippen LogP contribution is 2.57. The number of ether oxygens (including phenoxy) is 1. The lowest BCUT2D eigenvalue weighted by atomic mass is 9.54. The van der Waals surface area contributed by atoms with E-state index < -0.39 is 0 Å². The summed E-state index contributed by atoms with van der Waals surface area (Å²) in [5.41, 5.74) is 1.96. The van der Waals surface area contributed by atoms with Crippen molar-refractivity contribution in [1.29, 1.82) is 0 Å². The fourth-order valence-electron chi connectivity index (χ4n) is 5.77. The minimum absolute atomic E-state index is 0.000313. The van der Waals surface area contributed by atoms with Gasteiger partial charge in [0.15, 0.2) is 0 Å². The molecular weight excluding hydrogens is 298 g/mol. The first-order chi connectivity index (χ1) is 11.5. The van der Waals surface area contributed by atoms with E-state index in [1.807, 2.05) is 31.2 Å². The third-order valence-electron chi connectivity index (χ3n) is 6.26. The van der Waals surface area contributed by atoms with Gasteiger partial charge in [-0.1, -0.05) is 17.7 Å². The summed E-state index contributed by atoms with van der Waals surface area (Å²) in [6.45, 7) is 4.71. The van der Waals surface area contributed by atoms with E-state index in [0.29, 0.717) is 6.54 Å². The first-order valence-electron chi connectivity index (χ1n) is 9.54. The average molecular weight is 327 g/mol. The molecule has 4 saturated carbocycles. The Morgan fingerprint density at radius 1 is 1.21 bits per heavy atom. The number of hydrogen-bond donors (Lipinski definition) is 1. The Labute approximate surface area is 145 Å². The van der Waals surface area contributed by atoms with Crippen LogP contribution in [0.15, 0.2) is 24.3 Å². The first kappa shape index (κ1) is 16.1. The summed E-state index contributed by atoms with van der Waals surface area (Å²) in [6, 6.07) is 7.74. The fraction of sp³-hybridized carbons (Fsp3) is 0.667. The third kappa shape index (κ3) is 3.23. The molecule has 4 fully saturated rings. The minimum atomic E-state index is -0.000313. The third-order valence-corrected chi connectivity index (χ3v) is 6.26. The number of nitrogens with one attached hydrogen (secondary N) is 1. The number of benzene rings is 1. The van der Waals surface area contributed by atoms with E-state index in [4.69, 9.17) is 4.74 Å². The predicted octanol–water partition coefficient (Wildman–Crippen LogP) is 4.10. The van der Waals surface area contributed by atoms with Crippen LogP contribution in [0.2, 0.25) is 0 Å². The molecule has 0 saturated heterocycles. The molecule has 24 heavy (non-hydrogen) atoms. The molecular formula is C21H29NO2. The summed E-state index contributed by atoms with van der Waals surface area (Å²) in [7, 11) is 0. The Morgan fingerprint density at radius 3 is 2.42 bits per heavy atom. The average Bonchev–Trinajstić information content (AvgIpc) is 2.50. The molecule has 1 atom stereocenters. The molecule has 0 aromatic heterocycles. The van der Waals surface area contributed by atoms with Crippen molar-refractivity contribution in [3.05, 3.63) is 35.4 Å². The Morgan fingerprint density at radius 2 is 1.83 bits per heavy atom. The van der Waals surface area contributed by atoms with Gasteiger partial charge < -0.3 is 10.1 Å². The van der Waals surface area contributed by atoms with E-state index in [1.54, 1.807) is 0 Å². The number of rotatable bonds is 5. The summed E-state index contributed by atoms with van der Waals surface area (Å²) in [6.07, 6.45) is 8.11. The molecule has 1 aromatic rings. The molecule has 4 aliphatic rings. The molecule has 4 bridgehead atoms. The quantitative estimate of drug-likeness (QED) is 0.884. The summed E-state index contributed by atoms with van der Waals surface area (Å²) in [5.74, 6) is 2.68. The van der Waals surface area contributed by atoms with Crippen LogP contribution in [0.1, 0.15) is 61.4 Å². The van der Waals surface area contributed by atoms with Crippen molar-refractivity contribution in [3.63, 3.8) is 0 Å². The number of carbonyl (C=O) groups is 1. The van der Waals surface area contributed by atoms with Crippen LogP contribution in [-0.2, 0) is 4.74 Å². The van der Waals surface area contributed by atoms with E-state index in [2.05, 4.69) is 12.2 Å². The van der Waals surface area contributed by atoms with Crippen LogP contribution in [0.3, 0.4) is 0 Å². The topological polar surface area (TPSA) is 38.3 Å². The maximum absolute atomic E-state index is 12.3. The normalized spacial score (nSPS) is 35.0. The number of aryl methyl sites for hydroxylation is 1. The molecule has 0 spiro atoms. The van der Waals surface area contributed by atoms with Gasteiger partial charge in [-0.25, -0.2) is 0 Å². The van der Waals surface area contributed by atoms with Gasteiger partial charge in [-0.2, -0.15) is 0 Å². The zero-order chi connectivity index (χ0) is 16.7. The smallest absolute Gasteiger partial charge is 0.251 e. The van der Waals surface area contributed by atoms with Crippen LogP contribution in [0.4, 0.5) is 0 Å². The van der Waals surface area contributed by atoms with Crippen molar-refractivity contribution < 1.29 is 9.53 Å². The lowest BCUT2D eigenvalue weighted by Gasteiger charge is -2.57. The molecule has 4 aliphatic carbocycles. The molecule has 130 valence electrons. The van der Waals surface area contributed by atoms with Crippen LogP contribution < -0.4 is 5.32 Å². The highest BCUT2D eigenvalue weighted by atomic mass is 16.5. The lowest BCUT2D eigenvalue weighted by molar-refractivity contribution is -0.182. The predicted molar refractivity (Wildman–Crippen MR) is 95.0 cm³/mol. The van der Waals surface area contributed by atoms with Gasteiger partial charge in [-0.05, 0) is 82.3 Å². The lowest BCUT2D eigenvalue weighted by Crippen LogP contribution is -2.53. The van der Waals surface area contributed by atoms with E-state index in [0.717, 1.165) is 28.9 Å². The highest BCUT2D eigenvalue weighted by molar-refractivity contribution is 5.94. The molecule has 5 rings (SSSR count). The van der Waals surface area contributed by atoms with Gasteiger partial charge in [0.05, 0.1) is 11.7 Å². The Hall–Kier alpha value is -1.35. The summed E-state index contributed by atoms with van der Waals surface area (Å²) in [5, 5.41) is 3.04. The summed E-state index contributed by atoms with van der Waals surface area (Å²) < 4.78 is 6.55. The van der Waals surface area contributed by atoms with Gasteiger partial charge in [0.1, 0.15) is 0 Å². The van der Waals surface area contributed by atoms with Crippen LogP contribution in [0.25, 0.3) is 0 Å². The second kappa shape index (κ2) is 6.18. The van der Waals surface area contributed by atoms with Crippen LogP contribution in [0, 0.1) is 24.7 Å². The number of carbonyl (C=O) groups excluding carboxylic acids is 1. The molecule has 0 unspecified atom stereocenters. The van der Waals surface area contributed by atoms with Crippen LogP contribution in [0.5, 0.6) is 0 Å². The SMILES string of the molecule is Cc1cccc(C(=O)NC[C@@H](C)OC23CC4CC(CC(C4)C2)C3)c1. The highest BCUT2D eigenvalue weighted by Gasteiger charge is 2.52. The first-order valence-corrected chi connectivity index (χ1v) is 9.54. The van der Waals surface area contributed by atoms with Crippen LogP contribution in [-0.4, -0.2) is 24.2 Å².